The zero-order valence-electron chi connectivity index (χ0n) is 9.03. The van der Waals surface area contributed by atoms with Crippen molar-refractivity contribution in [2.45, 2.75) is 19.4 Å². The molecule has 0 radical (unpaired) electrons. The van der Waals surface area contributed by atoms with E-state index < -0.39 is 0 Å². The number of nitrogens with two attached hydrogens (primary N) is 1. The number of pyridine rings is 1. The molecule has 0 aliphatic rings. The summed E-state index contributed by atoms with van der Waals surface area (Å²) in [5.41, 5.74) is 6.82. The number of aromatic nitrogens is 1. The maximum atomic E-state index is 5.69. The molecule has 1 aromatic heterocycles. The molecule has 0 amide bonds. The predicted molar refractivity (Wildman–Crippen MR) is 62.1 cm³/mol. The third kappa shape index (κ3) is 4.11. The Morgan fingerprint density at radius 3 is 3.07 bits per heavy atom. The van der Waals surface area contributed by atoms with Crippen molar-refractivity contribution >= 4 is 0 Å². The summed E-state index contributed by atoms with van der Waals surface area (Å²) in [5.74, 6) is 5.88. The summed E-state index contributed by atoms with van der Waals surface area (Å²) in [6.07, 6.45) is 4.46. The molecular weight excluding hydrogens is 186 g/mol. The van der Waals surface area contributed by atoms with Crippen LogP contribution in [0.2, 0.25) is 0 Å². The molecule has 3 heteroatoms. The Morgan fingerprint density at radius 2 is 2.47 bits per heavy atom. The highest BCUT2D eigenvalue weighted by molar-refractivity contribution is 5.14. The highest BCUT2D eigenvalue weighted by atomic mass is 14.9. The molecule has 3 nitrogen and oxygen atoms in total. The lowest BCUT2D eigenvalue weighted by Gasteiger charge is -2.15. The van der Waals surface area contributed by atoms with Crippen LogP contribution in [-0.4, -0.2) is 18.1 Å². The summed E-state index contributed by atoms with van der Waals surface area (Å²) in [5, 5.41) is 3.35. The molecule has 0 saturated heterocycles. The molecule has 1 heterocycles. The molecule has 0 aliphatic carbocycles. The monoisotopic (exact) mass is 203 g/mol. The van der Waals surface area contributed by atoms with Crippen molar-refractivity contribution in [2.75, 3.05) is 13.1 Å². The van der Waals surface area contributed by atoms with Gasteiger partial charge in [0.1, 0.15) is 0 Å². The fourth-order valence-electron chi connectivity index (χ4n) is 1.35. The Kier molecular flexibility index (Phi) is 5.46. The molecule has 15 heavy (non-hydrogen) atoms. The molecule has 0 bridgehead atoms. The number of hydrogen-bond acceptors (Lipinski definition) is 3. The SMILES string of the molecule is CC#CCCNC(CN)c1cccnc1. The Morgan fingerprint density at radius 1 is 1.60 bits per heavy atom. The maximum absolute atomic E-state index is 5.69. The topological polar surface area (TPSA) is 50.9 Å². The first-order chi connectivity index (χ1) is 7.38. The summed E-state index contributed by atoms with van der Waals surface area (Å²) in [6.45, 7) is 3.28. The van der Waals surface area contributed by atoms with Crippen LogP contribution in [0.5, 0.6) is 0 Å². The van der Waals surface area contributed by atoms with Gasteiger partial charge in [-0.15, -0.1) is 11.8 Å². The van der Waals surface area contributed by atoms with Gasteiger partial charge in [-0.2, -0.15) is 0 Å². The van der Waals surface area contributed by atoms with Crippen LogP contribution in [-0.2, 0) is 0 Å². The van der Waals surface area contributed by atoms with E-state index in [0.29, 0.717) is 6.54 Å². The van der Waals surface area contributed by atoms with Crippen LogP contribution in [0.4, 0.5) is 0 Å². The van der Waals surface area contributed by atoms with Gasteiger partial charge in [-0.05, 0) is 18.6 Å². The lowest BCUT2D eigenvalue weighted by atomic mass is 10.1. The van der Waals surface area contributed by atoms with E-state index in [-0.39, 0.29) is 6.04 Å². The fraction of sp³-hybridized carbons (Fsp3) is 0.417. The predicted octanol–water partition coefficient (Wildman–Crippen LogP) is 1.08. The summed E-state index contributed by atoms with van der Waals surface area (Å²) in [7, 11) is 0. The van der Waals surface area contributed by atoms with E-state index in [2.05, 4.69) is 22.1 Å². The molecule has 3 N–H and O–H groups in total. The van der Waals surface area contributed by atoms with Crippen molar-refractivity contribution in [1.82, 2.24) is 10.3 Å². The first-order valence-electron chi connectivity index (χ1n) is 5.11. The lowest BCUT2D eigenvalue weighted by Crippen LogP contribution is -2.28. The van der Waals surface area contributed by atoms with E-state index in [4.69, 9.17) is 5.73 Å². The first kappa shape index (κ1) is 11.7. The van der Waals surface area contributed by atoms with Crippen molar-refractivity contribution in [1.29, 1.82) is 0 Å². The Hall–Kier alpha value is -1.37. The number of nitrogens with zero attached hydrogens (tertiary/aromatic N) is 1. The van der Waals surface area contributed by atoms with Gasteiger partial charge in [0.15, 0.2) is 0 Å². The largest absolute Gasteiger partial charge is 0.329 e. The van der Waals surface area contributed by atoms with E-state index in [0.717, 1.165) is 18.5 Å². The molecule has 1 rings (SSSR count). The van der Waals surface area contributed by atoms with Crippen LogP contribution >= 0.6 is 0 Å². The van der Waals surface area contributed by atoms with Crippen LogP contribution in [0.25, 0.3) is 0 Å². The third-order valence-corrected chi connectivity index (χ3v) is 2.14. The van der Waals surface area contributed by atoms with E-state index in [1.807, 2.05) is 25.3 Å². The minimum atomic E-state index is 0.178. The summed E-state index contributed by atoms with van der Waals surface area (Å²) in [4.78, 5) is 4.07. The number of rotatable bonds is 5. The van der Waals surface area contributed by atoms with E-state index >= 15 is 0 Å². The fourth-order valence-corrected chi connectivity index (χ4v) is 1.35. The highest BCUT2D eigenvalue weighted by Gasteiger charge is 2.07. The number of nitrogens with one attached hydrogen (secondary N) is 1. The standard InChI is InChI=1S/C12H17N3/c1-2-3-4-8-15-12(9-13)11-6-5-7-14-10-11/h5-7,10,12,15H,4,8-9,13H2,1H3. The summed E-state index contributed by atoms with van der Waals surface area (Å²) in [6, 6.07) is 4.13. The highest BCUT2D eigenvalue weighted by Crippen LogP contribution is 2.08. The van der Waals surface area contributed by atoms with Crippen molar-refractivity contribution in [3.63, 3.8) is 0 Å². The van der Waals surface area contributed by atoms with Crippen LogP contribution in [0.1, 0.15) is 24.9 Å². The first-order valence-corrected chi connectivity index (χ1v) is 5.11. The molecule has 1 aromatic rings. The van der Waals surface area contributed by atoms with Gasteiger partial charge < -0.3 is 11.1 Å². The van der Waals surface area contributed by atoms with Crippen molar-refractivity contribution in [3.05, 3.63) is 30.1 Å². The zero-order valence-corrected chi connectivity index (χ0v) is 9.03. The van der Waals surface area contributed by atoms with Gasteiger partial charge in [0.25, 0.3) is 0 Å². The minimum absolute atomic E-state index is 0.178. The van der Waals surface area contributed by atoms with Crippen molar-refractivity contribution in [2.24, 2.45) is 5.73 Å². The quantitative estimate of drug-likeness (QED) is 0.556. The van der Waals surface area contributed by atoms with Crippen LogP contribution in [0.3, 0.4) is 0 Å². The maximum Gasteiger partial charge on any atom is 0.0460 e. The lowest BCUT2D eigenvalue weighted by molar-refractivity contribution is 0.549. The molecule has 0 saturated carbocycles. The Bertz CT molecular complexity index is 324. The van der Waals surface area contributed by atoms with E-state index in [1.165, 1.54) is 0 Å². The Labute approximate surface area is 91.1 Å². The molecule has 80 valence electrons. The van der Waals surface area contributed by atoms with Gasteiger partial charge in [0.2, 0.25) is 0 Å². The molecule has 0 fully saturated rings. The van der Waals surface area contributed by atoms with Gasteiger partial charge in [-0.3, -0.25) is 4.98 Å². The second kappa shape index (κ2) is 6.99. The van der Waals surface area contributed by atoms with E-state index in [9.17, 15) is 0 Å². The third-order valence-electron chi connectivity index (χ3n) is 2.14. The van der Waals surface area contributed by atoms with Crippen LogP contribution in [0.15, 0.2) is 24.5 Å². The molecule has 0 spiro atoms. The van der Waals surface area contributed by atoms with Crippen molar-refractivity contribution < 1.29 is 0 Å². The summed E-state index contributed by atoms with van der Waals surface area (Å²) < 4.78 is 0. The normalized spacial score (nSPS) is 11.6. The van der Waals surface area contributed by atoms with E-state index in [1.54, 1.807) is 6.20 Å². The molecule has 1 atom stereocenters. The van der Waals surface area contributed by atoms with Gasteiger partial charge in [-0.25, -0.2) is 0 Å². The van der Waals surface area contributed by atoms with Gasteiger partial charge >= 0.3 is 0 Å². The average Bonchev–Trinajstić information content (AvgIpc) is 2.30. The second-order valence-electron chi connectivity index (χ2n) is 3.21. The van der Waals surface area contributed by atoms with Gasteiger partial charge in [0.05, 0.1) is 0 Å². The zero-order chi connectivity index (χ0) is 10.9. The molecular formula is C12H17N3. The van der Waals surface area contributed by atoms with Gasteiger partial charge in [-0.1, -0.05) is 6.07 Å². The minimum Gasteiger partial charge on any atom is -0.329 e. The second-order valence-corrected chi connectivity index (χ2v) is 3.21. The molecule has 1 unspecified atom stereocenters. The average molecular weight is 203 g/mol. The van der Waals surface area contributed by atoms with Crippen molar-refractivity contribution in [3.8, 4) is 11.8 Å². The summed E-state index contributed by atoms with van der Waals surface area (Å²) >= 11 is 0. The van der Waals surface area contributed by atoms with Crippen LogP contribution < -0.4 is 11.1 Å². The van der Waals surface area contributed by atoms with Gasteiger partial charge in [0, 0.05) is 37.9 Å². The van der Waals surface area contributed by atoms with Crippen LogP contribution in [0, 0.1) is 11.8 Å². The molecule has 0 aromatic carbocycles. The Balaban J connectivity index is 2.45. The smallest absolute Gasteiger partial charge is 0.0460 e. The number of hydrogen-bond donors (Lipinski definition) is 2. The molecule has 0 aliphatic heterocycles.